The second kappa shape index (κ2) is 5.47. The Morgan fingerprint density at radius 3 is 2.43 bits per heavy atom. The molecule has 1 heterocycles. The predicted molar refractivity (Wildman–Crippen MR) is 67.9 cm³/mol. The molecule has 21 heavy (non-hydrogen) atoms. The number of aromatic carboxylic acids is 1. The van der Waals surface area contributed by atoms with Crippen LogP contribution in [0.5, 0.6) is 0 Å². The van der Waals surface area contributed by atoms with Crippen LogP contribution in [0.2, 0.25) is 0 Å². The highest BCUT2D eigenvalue weighted by molar-refractivity contribution is 6.04. The van der Waals surface area contributed by atoms with Gasteiger partial charge in [0.1, 0.15) is 23.4 Å². The Labute approximate surface area is 118 Å². The zero-order valence-corrected chi connectivity index (χ0v) is 11.0. The number of halogens is 2. The number of hydrogen-bond donors (Lipinski definition) is 2. The molecule has 1 aliphatic rings. The van der Waals surface area contributed by atoms with Gasteiger partial charge in [0.05, 0.1) is 12.1 Å². The lowest BCUT2D eigenvalue weighted by Gasteiger charge is -2.35. The third-order valence-electron chi connectivity index (χ3n) is 3.19. The number of carboxylic acid groups (broad SMARTS) is 1. The minimum atomic E-state index is -1.47. The lowest BCUT2D eigenvalue weighted by Crippen LogP contribution is -2.58. The molecule has 1 unspecified atom stereocenters. The number of nitrogens with one attached hydrogen (secondary N) is 1. The highest BCUT2D eigenvalue weighted by Crippen LogP contribution is 2.28. The Hall–Kier alpha value is -2.51. The maximum atomic E-state index is 14.0. The number of carboxylic acids is 1. The molecule has 2 rings (SSSR count). The van der Waals surface area contributed by atoms with Gasteiger partial charge >= 0.3 is 5.97 Å². The van der Waals surface area contributed by atoms with Gasteiger partial charge in [-0.05, 0) is 18.6 Å². The summed E-state index contributed by atoms with van der Waals surface area (Å²) in [5.41, 5.74) is -1.12. The normalized spacial score (nSPS) is 18.6. The van der Waals surface area contributed by atoms with Crippen molar-refractivity contribution in [1.82, 2.24) is 5.32 Å². The summed E-state index contributed by atoms with van der Waals surface area (Å²) in [5, 5.41) is 10.8. The van der Waals surface area contributed by atoms with Crippen molar-refractivity contribution in [2.75, 3.05) is 11.4 Å². The van der Waals surface area contributed by atoms with Gasteiger partial charge in [-0.15, -0.1) is 0 Å². The summed E-state index contributed by atoms with van der Waals surface area (Å²) < 4.78 is 28.1. The molecule has 0 saturated carbocycles. The molecule has 1 saturated heterocycles. The van der Waals surface area contributed by atoms with Crippen LogP contribution < -0.4 is 10.2 Å². The van der Waals surface area contributed by atoms with Crippen molar-refractivity contribution < 1.29 is 28.3 Å². The largest absolute Gasteiger partial charge is 0.478 e. The van der Waals surface area contributed by atoms with Gasteiger partial charge in [-0.1, -0.05) is 6.92 Å². The number of hydrogen-bond acceptors (Lipinski definition) is 4. The summed E-state index contributed by atoms with van der Waals surface area (Å²) in [4.78, 5) is 34.9. The van der Waals surface area contributed by atoms with Gasteiger partial charge < -0.3 is 10.0 Å². The quantitative estimate of drug-likeness (QED) is 0.810. The van der Waals surface area contributed by atoms with E-state index in [1.807, 2.05) is 0 Å². The molecule has 2 N–H and O–H groups in total. The number of nitrogens with zero attached hydrogens (tertiary/aromatic N) is 1. The first-order valence-corrected chi connectivity index (χ1v) is 6.17. The Balaban J connectivity index is 2.51. The van der Waals surface area contributed by atoms with Crippen LogP contribution in [-0.4, -0.2) is 35.5 Å². The van der Waals surface area contributed by atoms with Crippen molar-refractivity contribution in [2.24, 2.45) is 0 Å². The average Bonchev–Trinajstić information content (AvgIpc) is 2.37. The van der Waals surface area contributed by atoms with Crippen molar-refractivity contribution in [1.29, 1.82) is 0 Å². The first-order valence-electron chi connectivity index (χ1n) is 6.17. The van der Waals surface area contributed by atoms with Crippen molar-refractivity contribution in [3.05, 3.63) is 29.3 Å². The predicted octanol–water partition coefficient (Wildman–Crippen LogP) is 0.904. The number of benzene rings is 1. The smallest absolute Gasteiger partial charge is 0.335 e. The number of piperazine rings is 1. The molecule has 0 aromatic heterocycles. The number of rotatable bonds is 3. The molecule has 1 atom stereocenters. The zero-order chi connectivity index (χ0) is 15.7. The fraction of sp³-hybridized carbons (Fsp3) is 0.308. The van der Waals surface area contributed by atoms with Crippen molar-refractivity contribution in [3.8, 4) is 0 Å². The molecule has 1 fully saturated rings. The summed E-state index contributed by atoms with van der Waals surface area (Å²) in [7, 11) is 0. The first-order chi connectivity index (χ1) is 9.85. The van der Waals surface area contributed by atoms with Crippen LogP contribution in [0.3, 0.4) is 0 Å². The van der Waals surface area contributed by atoms with E-state index in [-0.39, 0.29) is 13.0 Å². The summed E-state index contributed by atoms with van der Waals surface area (Å²) in [6, 6.07) is 0.414. The molecule has 1 aliphatic heterocycles. The van der Waals surface area contributed by atoms with Gasteiger partial charge in [0.15, 0.2) is 0 Å². The molecular formula is C13H12F2N2O4. The van der Waals surface area contributed by atoms with E-state index in [1.54, 1.807) is 6.92 Å². The SMILES string of the molecule is CCC1C(=O)NC(=O)CN1c1c(F)cc(C(=O)O)cc1F. The molecule has 1 aromatic rings. The lowest BCUT2D eigenvalue weighted by atomic mass is 10.1. The summed E-state index contributed by atoms with van der Waals surface area (Å²) in [6.45, 7) is 1.25. The van der Waals surface area contributed by atoms with Gasteiger partial charge in [0.25, 0.3) is 0 Å². The summed E-state index contributed by atoms with van der Waals surface area (Å²) >= 11 is 0. The average molecular weight is 298 g/mol. The molecule has 8 heteroatoms. The van der Waals surface area contributed by atoms with E-state index in [4.69, 9.17) is 5.11 Å². The number of imide groups is 1. The van der Waals surface area contributed by atoms with E-state index in [1.165, 1.54) is 0 Å². The fourth-order valence-corrected chi connectivity index (χ4v) is 2.27. The first kappa shape index (κ1) is 14.9. The maximum Gasteiger partial charge on any atom is 0.335 e. The number of amides is 2. The maximum absolute atomic E-state index is 14.0. The zero-order valence-electron chi connectivity index (χ0n) is 11.0. The summed E-state index contributed by atoms with van der Waals surface area (Å²) in [6.07, 6.45) is 0.235. The highest BCUT2D eigenvalue weighted by atomic mass is 19.1. The Kier molecular flexibility index (Phi) is 3.88. The van der Waals surface area contributed by atoms with Crippen LogP contribution in [0.15, 0.2) is 12.1 Å². The number of carbonyl (C=O) groups excluding carboxylic acids is 2. The van der Waals surface area contributed by atoms with Crippen molar-refractivity contribution in [3.63, 3.8) is 0 Å². The molecular weight excluding hydrogens is 286 g/mol. The Morgan fingerprint density at radius 1 is 1.38 bits per heavy atom. The van der Waals surface area contributed by atoms with Crippen molar-refractivity contribution in [2.45, 2.75) is 19.4 Å². The number of anilines is 1. The van der Waals surface area contributed by atoms with Gasteiger partial charge in [-0.3, -0.25) is 14.9 Å². The molecule has 2 amide bonds. The Morgan fingerprint density at radius 2 is 1.95 bits per heavy atom. The van der Waals surface area contributed by atoms with Gasteiger partial charge in [0.2, 0.25) is 11.8 Å². The molecule has 0 aliphatic carbocycles. The summed E-state index contributed by atoms with van der Waals surface area (Å²) in [5.74, 6) is -5.05. The van der Waals surface area contributed by atoms with E-state index >= 15 is 0 Å². The molecule has 0 spiro atoms. The van der Waals surface area contributed by atoms with Crippen LogP contribution in [0.1, 0.15) is 23.7 Å². The monoisotopic (exact) mass is 298 g/mol. The minimum absolute atomic E-state index is 0.235. The van der Waals surface area contributed by atoms with Crippen LogP contribution >= 0.6 is 0 Å². The molecule has 6 nitrogen and oxygen atoms in total. The lowest BCUT2D eigenvalue weighted by molar-refractivity contribution is -0.132. The second-order valence-electron chi connectivity index (χ2n) is 4.56. The van der Waals surface area contributed by atoms with Gasteiger partial charge in [0, 0.05) is 0 Å². The van der Waals surface area contributed by atoms with Gasteiger partial charge in [-0.25, -0.2) is 13.6 Å². The fourth-order valence-electron chi connectivity index (χ4n) is 2.27. The molecule has 112 valence electrons. The van der Waals surface area contributed by atoms with Crippen LogP contribution in [0, 0.1) is 11.6 Å². The number of carbonyl (C=O) groups is 3. The topological polar surface area (TPSA) is 86.7 Å². The van der Waals surface area contributed by atoms with E-state index in [2.05, 4.69) is 5.32 Å². The van der Waals surface area contributed by atoms with E-state index in [9.17, 15) is 23.2 Å². The minimum Gasteiger partial charge on any atom is -0.478 e. The third-order valence-corrected chi connectivity index (χ3v) is 3.19. The van der Waals surface area contributed by atoms with E-state index in [0.717, 1.165) is 4.90 Å². The van der Waals surface area contributed by atoms with E-state index in [0.29, 0.717) is 12.1 Å². The van der Waals surface area contributed by atoms with Crippen molar-refractivity contribution >= 4 is 23.5 Å². The van der Waals surface area contributed by atoms with Crippen LogP contribution in [-0.2, 0) is 9.59 Å². The standard InChI is InChI=1S/C13H12F2N2O4/c1-2-9-12(19)16-10(18)5-17(9)11-7(14)3-6(13(20)21)4-8(11)15/h3-4,9H,2,5H2,1H3,(H,20,21)(H,16,18,19). The van der Waals surface area contributed by atoms with Crippen LogP contribution in [0.4, 0.5) is 14.5 Å². The second-order valence-corrected chi connectivity index (χ2v) is 4.56. The molecule has 0 bridgehead atoms. The highest BCUT2D eigenvalue weighted by Gasteiger charge is 2.35. The van der Waals surface area contributed by atoms with Crippen LogP contribution in [0.25, 0.3) is 0 Å². The third kappa shape index (κ3) is 2.69. The van der Waals surface area contributed by atoms with Gasteiger partial charge in [-0.2, -0.15) is 0 Å². The molecule has 0 radical (unpaired) electrons. The van der Waals surface area contributed by atoms with E-state index < -0.39 is 46.7 Å². The molecule has 1 aromatic carbocycles. The Bertz CT molecular complexity index is 610.